The number of halogens is 1. The van der Waals surface area contributed by atoms with Crippen molar-refractivity contribution in [3.05, 3.63) is 12.7 Å². The van der Waals surface area contributed by atoms with Crippen LogP contribution in [-0.4, -0.2) is 88.8 Å². The number of aryl methyl sites for hydroxylation is 1. The van der Waals surface area contributed by atoms with Crippen molar-refractivity contribution in [3.8, 4) is 0 Å². The fourth-order valence-corrected chi connectivity index (χ4v) is 2.85. The highest BCUT2D eigenvalue weighted by Gasteiger charge is 2.25. The average molecular weight is 495 g/mol. The first kappa shape index (κ1) is 24.1. The van der Waals surface area contributed by atoms with Crippen LogP contribution in [0, 0.1) is 0 Å². The van der Waals surface area contributed by atoms with Crippen LogP contribution in [0.1, 0.15) is 26.7 Å². The van der Waals surface area contributed by atoms with Gasteiger partial charge in [-0.05, 0) is 26.7 Å². The normalized spacial score (nSPS) is 17.8. The number of ether oxygens (including phenoxy) is 1. The quantitative estimate of drug-likeness (QED) is 0.186. The molecule has 1 saturated heterocycles. The molecule has 27 heavy (non-hydrogen) atoms. The highest BCUT2D eigenvalue weighted by Crippen LogP contribution is 2.09. The summed E-state index contributed by atoms with van der Waals surface area (Å²) in [5, 5.41) is 24.8. The summed E-state index contributed by atoms with van der Waals surface area (Å²) < 4.78 is 7.33. The number of hydrogen-bond donors (Lipinski definition) is 3. The highest BCUT2D eigenvalue weighted by molar-refractivity contribution is 14.0. The number of morpholine rings is 1. The predicted molar refractivity (Wildman–Crippen MR) is 117 cm³/mol. The molecule has 10 heteroatoms. The van der Waals surface area contributed by atoms with Crippen molar-refractivity contribution in [2.24, 2.45) is 4.99 Å². The van der Waals surface area contributed by atoms with Crippen LogP contribution in [0.3, 0.4) is 0 Å². The summed E-state index contributed by atoms with van der Waals surface area (Å²) in [5.41, 5.74) is -0.853. The van der Waals surface area contributed by atoms with E-state index in [9.17, 15) is 5.11 Å². The number of hydrogen-bond acceptors (Lipinski definition) is 6. The van der Waals surface area contributed by atoms with Crippen LogP contribution in [0.15, 0.2) is 17.6 Å². The molecule has 1 atom stereocenters. The summed E-state index contributed by atoms with van der Waals surface area (Å²) in [7, 11) is 0. The lowest BCUT2D eigenvalue weighted by Crippen LogP contribution is -2.48. The van der Waals surface area contributed by atoms with E-state index < -0.39 is 5.60 Å². The molecule has 0 aromatic carbocycles. The number of aromatic nitrogens is 3. The zero-order chi connectivity index (χ0) is 18.7. The van der Waals surface area contributed by atoms with E-state index in [1.54, 1.807) is 12.7 Å². The fraction of sp³-hybridized carbons (Fsp3) is 0.824. The minimum atomic E-state index is -0.853. The van der Waals surface area contributed by atoms with E-state index in [0.717, 1.165) is 64.7 Å². The highest BCUT2D eigenvalue weighted by atomic mass is 127. The number of unbranched alkanes of at least 4 members (excludes halogenated alkanes) is 1. The van der Waals surface area contributed by atoms with E-state index >= 15 is 0 Å². The van der Waals surface area contributed by atoms with Crippen molar-refractivity contribution in [2.45, 2.75) is 38.8 Å². The maximum absolute atomic E-state index is 10.6. The molecule has 2 rings (SSSR count). The summed E-state index contributed by atoms with van der Waals surface area (Å²) in [6.45, 7) is 10.6. The molecule has 1 aromatic heterocycles. The van der Waals surface area contributed by atoms with E-state index in [4.69, 9.17) is 4.74 Å². The van der Waals surface area contributed by atoms with Crippen molar-refractivity contribution in [1.82, 2.24) is 30.3 Å². The molecule has 0 bridgehead atoms. The van der Waals surface area contributed by atoms with Gasteiger partial charge >= 0.3 is 0 Å². The summed E-state index contributed by atoms with van der Waals surface area (Å²) in [5.74, 6) is 0.749. The number of rotatable bonds is 10. The van der Waals surface area contributed by atoms with Crippen LogP contribution in [0.2, 0.25) is 0 Å². The Bertz CT molecular complexity index is 519. The molecule has 0 saturated carbocycles. The number of guanidine groups is 1. The lowest BCUT2D eigenvalue weighted by atomic mass is 10.1. The topological polar surface area (TPSA) is 99.8 Å². The Morgan fingerprint density at radius 3 is 2.59 bits per heavy atom. The lowest BCUT2D eigenvalue weighted by molar-refractivity contribution is -0.0179. The molecule has 1 aliphatic rings. The van der Waals surface area contributed by atoms with Gasteiger partial charge in [-0.1, -0.05) is 0 Å². The first-order chi connectivity index (χ1) is 12.6. The molecule has 1 aromatic rings. The van der Waals surface area contributed by atoms with E-state index in [1.807, 2.05) is 18.4 Å². The second-order valence-corrected chi connectivity index (χ2v) is 6.91. The molecule has 156 valence electrons. The second kappa shape index (κ2) is 13.2. The van der Waals surface area contributed by atoms with Gasteiger partial charge in [-0.15, -0.1) is 34.2 Å². The number of nitrogens with one attached hydrogen (secondary N) is 2. The van der Waals surface area contributed by atoms with Crippen molar-refractivity contribution in [3.63, 3.8) is 0 Å². The van der Waals surface area contributed by atoms with Crippen molar-refractivity contribution < 1.29 is 9.84 Å². The Balaban J connectivity index is 0.00000364. The Kier molecular flexibility index (Phi) is 11.8. The number of aliphatic imine (C=N–C) groups is 1. The van der Waals surface area contributed by atoms with E-state index in [-0.39, 0.29) is 24.0 Å². The van der Waals surface area contributed by atoms with Gasteiger partial charge < -0.3 is 25.0 Å². The average Bonchev–Trinajstić information content (AvgIpc) is 3.13. The molecule has 1 fully saturated rings. The first-order valence-corrected chi connectivity index (χ1v) is 9.46. The van der Waals surface area contributed by atoms with E-state index in [0.29, 0.717) is 13.1 Å². The smallest absolute Gasteiger partial charge is 0.191 e. The molecule has 1 unspecified atom stereocenters. The Hall–Kier alpha value is -0.980. The standard InChI is InChI=1S/C17H33N7O2.HI/c1-3-18-16(19-6-4-5-7-24-14-21-22-15-24)20-12-17(2,25)13-23-8-10-26-11-9-23;/h14-15,25H,3-13H2,1-2H3,(H2,18,19,20);1H. The summed E-state index contributed by atoms with van der Waals surface area (Å²) in [6, 6.07) is 0. The molecule has 3 N–H and O–H groups in total. The third kappa shape index (κ3) is 10.2. The zero-order valence-corrected chi connectivity index (χ0v) is 18.8. The molecule has 0 spiro atoms. The van der Waals surface area contributed by atoms with Gasteiger partial charge in [-0.25, -0.2) is 0 Å². The molecular formula is C17H34IN7O2. The number of β-amino-alcohol motifs (C(OH)–C–C–N with tert-alkyl or cyclic N) is 1. The van der Waals surface area contributed by atoms with Crippen molar-refractivity contribution in [2.75, 3.05) is 52.5 Å². The van der Waals surface area contributed by atoms with Gasteiger partial charge in [-0.2, -0.15) is 0 Å². The molecule has 0 radical (unpaired) electrons. The largest absolute Gasteiger partial charge is 0.387 e. The van der Waals surface area contributed by atoms with Gasteiger partial charge in [0.15, 0.2) is 5.96 Å². The van der Waals surface area contributed by atoms with Crippen LogP contribution in [-0.2, 0) is 11.3 Å². The monoisotopic (exact) mass is 495 g/mol. The van der Waals surface area contributed by atoms with E-state index in [1.165, 1.54) is 0 Å². The molecule has 2 heterocycles. The van der Waals surface area contributed by atoms with Gasteiger partial charge in [0.05, 0.1) is 25.4 Å². The maximum atomic E-state index is 10.6. The molecule has 0 amide bonds. The van der Waals surface area contributed by atoms with Crippen LogP contribution >= 0.6 is 24.0 Å². The number of nitrogens with zero attached hydrogens (tertiary/aromatic N) is 5. The third-order valence-corrected chi connectivity index (χ3v) is 4.19. The lowest BCUT2D eigenvalue weighted by Gasteiger charge is -2.33. The molecule has 1 aliphatic heterocycles. The van der Waals surface area contributed by atoms with Crippen LogP contribution < -0.4 is 10.6 Å². The van der Waals surface area contributed by atoms with Gasteiger partial charge in [0.25, 0.3) is 0 Å². The first-order valence-electron chi connectivity index (χ1n) is 9.46. The Labute approximate surface area is 179 Å². The maximum Gasteiger partial charge on any atom is 0.191 e. The van der Waals surface area contributed by atoms with Crippen LogP contribution in [0.25, 0.3) is 0 Å². The van der Waals surface area contributed by atoms with Gasteiger partial charge in [0.1, 0.15) is 12.7 Å². The molecular weight excluding hydrogens is 461 g/mol. The predicted octanol–water partition coefficient (Wildman–Crippen LogP) is 0.315. The minimum absolute atomic E-state index is 0. The summed E-state index contributed by atoms with van der Waals surface area (Å²) in [4.78, 5) is 6.79. The number of aliphatic hydroxyl groups is 1. The van der Waals surface area contributed by atoms with Crippen molar-refractivity contribution in [1.29, 1.82) is 0 Å². The van der Waals surface area contributed by atoms with Crippen LogP contribution in [0.4, 0.5) is 0 Å². The zero-order valence-electron chi connectivity index (χ0n) is 16.4. The third-order valence-electron chi connectivity index (χ3n) is 4.19. The van der Waals surface area contributed by atoms with Crippen molar-refractivity contribution >= 4 is 29.9 Å². The molecule has 9 nitrogen and oxygen atoms in total. The fourth-order valence-electron chi connectivity index (χ4n) is 2.85. The summed E-state index contributed by atoms with van der Waals surface area (Å²) >= 11 is 0. The van der Waals surface area contributed by atoms with Gasteiger partial charge in [0, 0.05) is 39.3 Å². The second-order valence-electron chi connectivity index (χ2n) is 6.91. The van der Waals surface area contributed by atoms with E-state index in [2.05, 4.69) is 30.7 Å². The Morgan fingerprint density at radius 2 is 1.93 bits per heavy atom. The minimum Gasteiger partial charge on any atom is -0.387 e. The van der Waals surface area contributed by atoms with Gasteiger partial charge in [0.2, 0.25) is 0 Å². The van der Waals surface area contributed by atoms with Gasteiger partial charge in [-0.3, -0.25) is 9.89 Å². The van der Waals surface area contributed by atoms with Crippen LogP contribution in [0.5, 0.6) is 0 Å². The Morgan fingerprint density at radius 1 is 1.22 bits per heavy atom. The SMILES string of the molecule is CCNC(=NCC(C)(O)CN1CCOCC1)NCCCCn1cnnc1.I. The molecule has 0 aliphatic carbocycles. The summed E-state index contributed by atoms with van der Waals surface area (Å²) in [6.07, 6.45) is 5.52.